The topological polar surface area (TPSA) is 20.3 Å². The minimum absolute atomic E-state index is 0.00481. The standard InChI is InChI=1S/C20H13NO/c22-20-17-11-4-3-10-16(17)19-15-9-2-1-7-13(15)14-8-5-6-12-18(14)21(19)20/h1-12,19H. The number of benzene rings is 3. The molecule has 1 atom stereocenters. The normalized spacial score (nSPS) is 17.5. The van der Waals surface area contributed by atoms with E-state index in [0.29, 0.717) is 0 Å². The Kier molecular flexibility index (Phi) is 2.18. The second-order valence-electron chi connectivity index (χ2n) is 5.77. The maximum atomic E-state index is 12.9. The molecule has 104 valence electrons. The summed E-state index contributed by atoms with van der Waals surface area (Å²) in [7, 11) is 0. The minimum Gasteiger partial charge on any atom is -0.296 e. The van der Waals surface area contributed by atoms with E-state index in [1.54, 1.807) is 0 Å². The van der Waals surface area contributed by atoms with Gasteiger partial charge in [0.25, 0.3) is 5.91 Å². The van der Waals surface area contributed by atoms with Crippen molar-refractivity contribution in [2.45, 2.75) is 6.04 Å². The third kappa shape index (κ3) is 1.32. The fraction of sp³-hybridized carbons (Fsp3) is 0.0500. The summed E-state index contributed by atoms with van der Waals surface area (Å²) < 4.78 is 0. The highest BCUT2D eigenvalue weighted by atomic mass is 16.2. The Bertz CT molecular complexity index is 928. The molecule has 2 aliphatic heterocycles. The zero-order valence-corrected chi connectivity index (χ0v) is 11.9. The van der Waals surface area contributed by atoms with Gasteiger partial charge in [0, 0.05) is 11.1 Å². The maximum absolute atomic E-state index is 12.9. The molecule has 0 fully saturated rings. The fourth-order valence-corrected chi connectivity index (χ4v) is 3.76. The average molecular weight is 283 g/mol. The number of anilines is 1. The Hall–Kier alpha value is -2.87. The van der Waals surface area contributed by atoms with Gasteiger partial charge in [-0.3, -0.25) is 9.69 Å². The van der Waals surface area contributed by atoms with Crippen LogP contribution >= 0.6 is 0 Å². The van der Waals surface area contributed by atoms with Gasteiger partial charge in [-0.2, -0.15) is 0 Å². The van der Waals surface area contributed by atoms with Crippen LogP contribution in [0.15, 0.2) is 72.8 Å². The van der Waals surface area contributed by atoms with Gasteiger partial charge < -0.3 is 0 Å². The molecule has 3 aromatic rings. The number of hydrogen-bond acceptors (Lipinski definition) is 1. The van der Waals surface area contributed by atoms with Crippen molar-refractivity contribution in [1.82, 2.24) is 0 Å². The van der Waals surface area contributed by atoms with Crippen LogP contribution in [0.1, 0.15) is 27.5 Å². The van der Waals surface area contributed by atoms with Crippen molar-refractivity contribution in [2.75, 3.05) is 4.90 Å². The predicted molar refractivity (Wildman–Crippen MR) is 87.0 cm³/mol. The van der Waals surface area contributed by atoms with Gasteiger partial charge in [0.15, 0.2) is 0 Å². The highest BCUT2D eigenvalue weighted by Gasteiger charge is 2.42. The first-order chi connectivity index (χ1) is 10.9. The van der Waals surface area contributed by atoms with E-state index in [4.69, 9.17) is 0 Å². The van der Waals surface area contributed by atoms with E-state index in [-0.39, 0.29) is 11.9 Å². The first kappa shape index (κ1) is 11.8. The molecule has 0 spiro atoms. The lowest BCUT2D eigenvalue weighted by atomic mass is 9.86. The molecule has 2 heterocycles. The summed E-state index contributed by atoms with van der Waals surface area (Å²) in [5, 5.41) is 0. The monoisotopic (exact) mass is 283 g/mol. The lowest BCUT2D eigenvalue weighted by molar-refractivity contribution is 0.0993. The van der Waals surface area contributed by atoms with Gasteiger partial charge in [0.2, 0.25) is 0 Å². The second-order valence-corrected chi connectivity index (χ2v) is 5.77. The van der Waals surface area contributed by atoms with Crippen molar-refractivity contribution < 1.29 is 4.79 Å². The molecule has 2 nitrogen and oxygen atoms in total. The summed E-state index contributed by atoms with van der Waals surface area (Å²) in [5.41, 5.74) is 6.50. The zero-order valence-electron chi connectivity index (χ0n) is 11.9. The first-order valence-corrected chi connectivity index (χ1v) is 7.47. The van der Waals surface area contributed by atoms with E-state index in [0.717, 1.165) is 22.4 Å². The quantitative estimate of drug-likeness (QED) is 0.598. The Morgan fingerprint density at radius 3 is 1.95 bits per heavy atom. The van der Waals surface area contributed by atoms with Crippen LogP contribution in [0.5, 0.6) is 0 Å². The number of amides is 1. The van der Waals surface area contributed by atoms with Crippen molar-refractivity contribution >= 4 is 11.6 Å². The number of rotatable bonds is 0. The number of para-hydroxylation sites is 1. The highest BCUT2D eigenvalue weighted by Crippen LogP contribution is 2.51. The SMILES string of the molecule is O=C1c2ccccc2C2c3ccccc3-c3ccccc3N12. The van der Waals surface area contributed by atoms with Crippen LogP contribution < -0.4 is 4.90 Å². The van der Waals surface area contributed by atoms with E-state index >= 15 is 0 Å². The smallest absolute Gasteiger partial charge is 0.259 e. The zero-order chi connectivity index (χ0) is 14.7. The molecule has 2 aliphatic rings. The van der Waals surface area contributed by atoms with Gasteiger partial charge in [-0.05, 0) is 28.8 Å². The predicted octanol–water partition coefficient (Wildman–Crippen LogP) is 4.42. The number of hydrogen-bond donors (Lipinski definition) is 0. The van der Waals surface area contributed by atoms with Gasteiger partial charge in [0.05, 0.1) is 11.7 Å². The van der Waals surface area contributed by atoms with Gasteiger partial charge in [-0.25, -0.2) is 0 Å². The molecule has 0 bridgehead atoms. The van der Waals surface area contributed by atoms with Crippen molar-refractivity contribution in [3.8, 4) is 11.1 Å². The van der Waals surface area contributed by atoms with E-state index in [1.165, 1.54) is 11.1 Å². The largest absolute Gasteiger partial charge is 0.296 e. The highest BCUT2D eigenvalue weighted by molar-refractivity contribution is 6.14. The van der Waals surface area contributed by atoms with Gasteiger partial charge >= 0.3 is 0 Å². The molecule has 22 heavy (non-hydrogen) atoms. The van der Waals surface area contributed by atoms with E-state index in [1.807, 2.05) is 41.3 Å². The summed E-state index contributed by atoms with van der Waals surface area (Å²) in [4.78, 5) is 14.9. The summed E-state index contributed by atoms with van der Waals surface area (Å²) in [5.74, 6) is 0.0996. The van der Waals surface area contributed by atoms with E-state index < -0.39 is 0 Å². The molecular weight excluding hydrogens is 270 g/mol. The lowest BCUT2D eigenvalue weighted by Gasteiger charge is -2.34. The Morgan fingerprint density at radius 2 is 1.18 bits per heavy atom. The molecule has 0 aliphatic carbocycles. The molecule has 1 unspecified atom stereocenters. The van der Waals surface area contributed by atoms with Crippen LogP contribution in [0, 0.1) is 0 Å². The molecule has 0 saturated carbocycles. The molecule has 3 aromatic carbocycles. The third-order valence-corrected chi connectivity index (χ3v) is 4.67. The molecular formula is C20H13NO. The van der Waals surface area contributed by atoms with Crippen LogP contribution in [0.3, 0.4) is 0 Å². The molecule has 5 rings (SSSR count). The van der Waals surface area contributed by atoms with Crippen LogP contribution in [0.2, 0.25) is 0 Å². The average Bonchev–Trinajstić information content (AvgIpc) is 2.89. The number of fused-ring (bicyclic) bond motifs is 8. The second kappa shape index (κ2) is 4.08. The molecule has 0 radical (unpaired) electrons. The van der Waals surface area contributed by atoms with Crippen LogP contribution in [0.25, 0.3) is 11.1 Å². The van der Waals surface area contributed by atoms with Crippen molar-refractivity contribution in [3.05, 3.63) is 89.5 Å². The molecule has 0 aromatic heterocycles. The Labute approximate surface area is 128 Å². The van der Waals surface area contributed by atoms with Gasteiger partial charge in [-0.15, -0.1) is 0 Å². The van der Waals surface area contributed by atoms with Crippen molar-refractivity contribution in [2.24, 2.45) is 0 Å². The lowest BCUT2D eigenvalue weighted by Crippen LogP contribution is -2.31. The van der Waals surface area contributed by atoms with Crippen molar-refractivity contribution in [3.63, 3.8) is 0 Å². The van der Waals surface area contributed by atoms with Crippen LogP contribution in [0.4, 0.5) is 5.69 Å². The molecule has 0 saturated heterocycles. The third-order valence-electron chi connectivity index (χ3n) is 4.67. The van der Waals surface area contributed by atoms with Crippen molar-refractivity contribution in [1.29, 1.82) is 0 Å². The summed E-state index contributed by atoms with van der Waals surface area (Å²) >= 11 is 0. The first-order valence-electron chi connectivity index (χ1n) is 7.47. The summed E-state index contributed by atoms with van der Waals surface area (Å²) in [6, 6.07) is 24.5. The molecule has 0 N–H and O–H groups in total. The van der Waals surface area contributed by atoms with Gasteiger partial charge in [-0.1, -0.05) is 60.7 Å². The number of nitrogens with zero attached hydrogens (tertiary/aromatic N) is 1. The van der Waals surface area contributed by atoms with Crippen LogP contribution in [-0.2, 0) is 0 Å². The van der Waals surface area contributed by atoms with E-state index in [9.17, 15) is 4.79 Å². The summed E-state index contributed by atoms with van der Waals surface area (Å²) in [6.07, 6.45) is 0. The molecule has 2 heteroatoms. The van der Waals surface area contributed by atoms with Crippen LogP contribution in [-0.4, -0.2) is 5.91 Å². The van der Waals surface area contributed by atoms with E-state index in [2.05, 4.69) is 36.4 Å². The Balaban J connectivity index is 1.90. The Morgan fingerprint density at radius 1 is 0.636 bits per heavy atom. The fourth-order valence-electron chi connectivity index (χ4n) is 3.76. The molecule has 1 amide bonds. The maximum Gasteiger partial charge on any atom is 0.259 e. The van der Waals surface area contributed by atoms with Gasteiger partial charge in [0.1, 0.15) is 0 Å². The minimum atomic E-state index is -0.00481. The number of carbonyl (C=O) groups excluding carboxylic acids is 1. The summed E-state index contributed by atoms with van der Waals surface area (Å²) in [6.45, 7) is 0. The number of carbonyl (C=O) groups is 1.